The maximum atomic E-state index is 11.9. The van der Waals surface area contributed by atoms with Gasteiger partial charge in [0.05, 0.1) is 6.61 Å². The van der Waals surface area contributed by atoms with E-state index in [9.17, 15) is 9.90 Å². The highest BCUT2D eigenvalue weighted by Crippen LogP contribution is 2.39. The van der Waals surface area contributed by atoms with Gasteiger partial charge in [-0.3, -0.25) is 4.79 Å². The van der Waals surface area contributed by atoms with Gasteiger partial charge in [0.25, 0.3) is 5.91 Å². The Hall–Kier alpha value is -1.36. The lowest BCUT2D eigenvalue weighted by molar-refractivity contribution is 0.0427. The molecule has 18 heavy (non-hydrogen) atoms. The Labute approximate surface area is 107 Å². The van der Waals surface area contributed by atoms with Crippen molar-refractivity contribution in [3.05, 3.63) is 17.5 Å². The van der Waals surface area contributed by atoms with E-state index in [0.717, 1.165) is 19.3 Å². The molecule has 1 fully saturated rings. The Morgan fingerprint density at radius 1 is 1.61 bits per heavy atom. The number of rotatable bonds is 5. The predicted molar refractivity (Wildman–Crippen MR) is 66.3 cm³/mol. The van der Waals surface area contributed by atoms with Crippen molar-refractivity contribution in [2.45, 2.75) is 39.0 Å². The third kappa shape index (κ3) is 2.56. The fourth-order valence-corrected chi connectivity index (χ4v) is 2.09. The van der Waals surface area contributed by atoms with Crippen LogP contribution >= 0.6 is 0 Å². The average Bonchev–Trinajstić information content (AvgIpc) is 2.77. The van der Waals surface area contributed by atoms with Crippen LogP contribution in [0.1, 0.15) is 55.3 Å². The number of hydrogen-bond acceptors (Lipinski definition) is 4. The quantitative estimate of drug-likeness (QED) is 0.836. The van der Waals surface area contributed by atoms with Crippen molar-refractivity contribution in [1.82, 2.24) is 10.5 Å². The van der Waals surface area contributed by atoms with Crippen LogP contribution in [0.4, 0.5) is 0 Å². The molecule has 0 radical (unpaired) electrons. The van der Waals surface area contributed by atoms with E-state index in [-0.39, 0.29) is 23.8 Å². The molecule has 0 saturated heterocycles. The van der Waals surface area contributed by atoms with E-state index >= 15 is 0 Å². The Morgan fingerprint density at radius 2 is 2.33 bits per heavy atom. The summed E-state index contributed by atoms with van der Waals surface area (Å²) >= 11 is 0. The van der Waals surface area contributed by atoms with E-state index in [4.69, 9.17) is 4.52 Å². The van der Waals surface area contributed by atoms with Gasteiger partial charge >= 0.3 is 0 Å². The van der Waals surface area contributed by atoms with Crippen molar-refractivity contribution in [3.63, 3.8) is 0 Å². The Morgan fingerprint density at radius 3 is 2.78 bits per heavy atom. The van der Waals surface area contributed by atoms with Gasteiger partial charge in [-0.2, -0.15) is 0 Å². The van der Waals surface area contributed by atoms with E-state index in [2.05, 4.69) is 10.5 Å². The molecule has 1 heterocycles. The molecule has 0 aromatic carbocycles. The molecule has 1 aromatic rings. The smallest absolute Gasteiger partial charge is 0.273 e. The van der Waals surface area contributed by atoms with Crippen LogP contribution in [0.3, 0.4) is 0 Å². The van der Waals surface area contributed by atoms with Crippen LogP contribution in [0.5, 0.6) is 0 Å². The van der Waals surface area contributed by atoms with Gasteiger partial charge in [0.2, 0.25) is 0 Å². The molecule has 0 bridgehead atoms. The maximum Gasteiger partial charge on any atom is 0.273 e. The van der Waals surface area contributed by atoms with Gasteiger partial charge in [-0.05, 0) is 12.8 Å². The van der Waals surface area contributed by atoms with E-state index < -0.39 is 0 Å². The number of aromatic nitrogens is 1. The van der Waals surface area contributed by atoms with E-state index in [1.807, 2.05) is 13.8 Å². The molecule has 0 aliphatic heterocycles. The second kappa shape index (κ2) is 5.10. The van der Waals surface area contributed by atoms with Gasteiger partial charge in [-0.1, -0.05) is 25.4 Å². The standard InChI is InChI=1S/C13H20N2O3/c1-9(2)11-6-10(15-18-11)12(17)14-7-13(8-16)4-3-5-13/h6,9,16H,3-5,7-8H2,1-2H3,(H,14,17). The SMILES string of the molecule is CC(C)c1cc(C(=O)NCC2(CO)CCC2)no1. The number of nitrogens with one attached hydrogen (secondary N) is 1. The summed E-state index contributed by atoms with van der Waals surface area (Å²) in [5.74, 6) is 0.695. The largest absolute Gasteiger partial charge is 0.396 e. The number of carbonyl (C=O) groups is 1. The lowest BCUT2D eigenvalue weighted by Gasteiger charge is -2.40. The Bertz CT molecular complexity index is 416. The zero-order valence-electron chi connectivity index (χ0n) is 10.9. The summed E-state index contributed by atoms with van der Waals surface area (Å²) in [4.78, 5) is 11.9. The number of hydrogen-bond donors (Lipinski definition) is 2. The molecule has 1 aliphatic carbocycles. The highest BCUT2D eigenvalue weighted by Gasteiger charge is 2.36. The van der Waals surface area contributed by atoms with Crippen LogP contribution in [0.2, 0.25) is 0 Å². The third-order valence-corrected chi connectivity index (χ3v) is 3.70. The summed E-state index contributed by atoms with van der Waals surface area (Å²) in [5, 5.41) is 15.9. The normalized spacial score (nSPS) is 17.6. The average molecular weight is 252 g/mol. The molecule has 5 nitrogen and oxygen atoms in total. The van der Waals surface area contributed by atoms with Gasteiger partial charge in [0, 0.05) is 23.9 Å². The Kier molecular flexibility index (Phi) is 3.71. The van der Waals surface area contributed by atoms with Crippen LogP contribution in [0.25, 0.3) is 0 Å². The first-order valence-electron chi connectivity index (χ1n) is 6.42. The molecule has 1 aliphatic rings. The molecule has 0 spiro atoms. The first kappa shape index (κ1) is 13.1. The zero-order valence-corrected chi connectivity index (χ0v) is 10.9. The highest BCUT2D eigenvalue weighted by molar-refractivity contribution is 5.92. The number of aliphatic hydroxyl groups is 1. The summed E-state index contributed by atoms with van der Waals surface area (Å²) in [6.07, 6.45) is 3.07. The summed E-state index contributed by atoms with van der Waals surface area (Å²) < 4.78 is 5.09. The van der Waals surface area contributed by atoms with Gasteiger partial charge < -0.3 is 14.9 Å². The lowest BCUT2D eigenvalue weighted by Crippen LogP contribution is -2.44. The summed E-state index contributed by atoms with van der Waals surface area (Å²) in [6.45, 7) is 4.60. The molecule has 0 atom stereocenters. The van der Waals surface area contributed by atoms with E-state index in [0.29, 0.717) is 18.0 Å². The molecule has 1 amide bonds. The van der Waals surface area contributed by atoms with Crippen molar-refractivity contribution in [2.24, 2.45) is 5.41 Å². The number of carbonyl (C=O) groups excluding carboxylic acids is 1. The molecule has 1 saturated carbocycles. The number of nitrogens with zero attached hydrogens (tertiary/aromatic N) is 1. The molecule has 2 N–H and O–H groups in total. The number of aliphatic hydroxyl groups excluding tert-OH is 1. The minimum Gasteiger partial charge on any atom is -0.396 e. The summed E-state index contributed by atoms with van der Waals surface area (Å²) in [6, 6.07) is 1.67. The first-order chi connectivity index (χ1) is 8.56. The molecule has 100 valence electrons. The fraction of sp³-hybridized carbons (Fsp3) is 0.692. The van der Waals surface area contributed by atoms with E-state index in [1.165, 1.54) is 0 Å². The monoisotopic (exact) mass is 252 g/mol. The van der Waals surface area contributed by atoms with Crippen LogP contribution in [0, 0.1) is 5.41 Å². The first-order valence-corrected chi connectivity index (χ1v) is 6.42. The lowest BCUT2D eigenvalue weighted by atomic mass is 9.69. The minimum absolute atomic E-state index is 0.111. The molecular formula is C13H20N2O3. The summed E-state index contributed by atoms with van der Waals surface area (Å²) in [5.41, 5.74) is 0.200. The van der Waals surface area contributed by atoms with Crippen molar-refractivity contribution >= 4 is 5.91 Å². The summed E-state index contributed by atoms with van der Waals surface area (Å²) in [7, 11) is 0. The van der Waals surface area contributed by atoms with Crippen molar-refractivity contribution < 1.29 is 14.4 Å². The van der Waals surface area contributed by atoms with Crippen LogP contribution in [0.15, 0.2) is 10.6 Å². The molecule has 0 unspecified atom stereocenters. The van der Waals surface area contributed by atoms with Gasteiger partial charge in [0.1, 0.15) is 5.76 Å². The topological polar surface area (TPSA) is 75.4 Å². The number of amides is 1. The van der Waals surface area contributed by atoms with Crippen molar-refractivity contribution in [3.8, 4) is 0 Å². The van der Waals surface area contributed by atoms with Gasteiger partial charge in [0.15, 0.2) is 5.69 Å². The van der Waals surface area contributed by atoms with Crippen LogP contribution < -0.4 is 5.32 Å². The molecule has 1 aromatic heterocycles. The predicted octanol–water partition coefficient (Wildman–Crippen LogP) is 1.69. The Balaban J connectivity index is 1.91. The maximum absolute atomic E-state index is 11.9. The van der Waals surface area contributed by atoms with Gasteiger partial charge in [-0.25, -0.2) is 0 Å². The van der Waals surface area contributed by atoms with Gasteiger partial charge in [-0.15, -0.1) is 0 Å². The van der Waals surface area contributed by atoms with Crippen LogP contribution in [-0.2, 0) is 0 Å². The molecule has 2 rings (SSSR count). The molecular weight excluding hydrogens is 232 g/mol. The second-order valence-corrected chi connectivity index (χ2v) is 5.46. The highest BCUT2D eigenvalue weighted by atomic mass is 16.5. The van der Waals surface area contributed by atoms with E-state index in [1.54, 1.807) is 6.07 Å². The van der Waals surface area contributed by atoms with Crippen molar-refractivity contribution in [2.75, 3.05) is 13.2 Å². The molecule has 5 heteroatoms. The zero-order chi connectivity index (χ0) is 13.2. The second-order valence-electron chi connectivity index (χ2n) is 5.46. The van der Waals surface area contributed by atoms with Crippen LogP contribution in [-0.4, -0.2) is 29.3 Å². The third-order valence-electron chi connectivity index (χ3n) is 3.70. The fourth-order valence-electron chi connectivity index (χ4n) is 2.09. The van der Waals surface area contributed by atoms with Crippen molar-refractivity contribution in [1.29, 1.82) is 0 Å². The minimum atomic E-state index is -0.231.